The quantitative estimate of drug-likeness (QED) is 0.469. The molecular formula is C14H30O4. The normalized spacial score (nSPS) is 9.56. The van der Waals surface area contributed by atoms with Crippen molar-refractivity contribution in [2.45, 2.75) is 65.2 Å². The van der Waals surface area contributed by atoms with Gasteiger partial charge in [-0.3, -0.25) is 4.79 Å². The van der Waals surface area contributed by atoms with E-state index in [1.807, 2.05) is 0 Å². The molecule has 110 valence electrons. The molecule has 0 heterocycles. The van der Waals surface area contributed by atoms with E-state index in [4.69, 9.17) is 14.9 Å². The van der Waals surface area contributed by atoms with Gasteiger partial charge in [0.05, 0.1) is 19.8 Å². The van der Waals surface area contributed by atoms with Gasteiger partial charge in [-0.2, -0.15) is 0 Å². The average molecular weight is 262 g/mol. The highest BCUT2D eigenvalue weighted by molar-refractivity contribution is 5.65. The van der Waals surface area contributed by atoms with Crippen LogP contribution < -0.4 is 0 Å². The fourth-order valence-corrected chi connectivity index (χ4v) is 1.45. The lowest BCUT2D eigenvalue weighted by atomic mass is 10.1. The SMILES string of the molecule is CCCCCCCCCCOC(C)=O.OCCO. The van der Waals surface area contributed by atoms with Gasteiger partial charge in [0.1, 0.15) is 0 Å². The summed E-state index contributed by atoms with van der Waals surface area (Å²) >= 11 is 0. The predicted octanol–water partition coefficient (Wildman–Crippen LogP) is 2.66. The van der Waals surface area contributed by atoms with E-state index in [1.54, 1.807) is 0 Å². The Labute approximate surface area is 111 Å². The van der Waals surface area contributed by atoms with Crippen LogP contribution in [-0.2, 0) is 9.53 Å². The van der Waals surface area contributed by atoms with Crippen LogP contribution >= 0.6 is 0 Å². The Morgan fingerprint density at radius 2 is 1.33 bits per heavy atom. The number of hydrogen-bond donors (Lipinski definition) is 2. The number of carbonyl (C=O) groups excluding carboxylic acids is 1. The minimum Gasteiger partial charge on any atom is -0.466 e. The van der Waals surface area contributed by atoms with Crippen LogP contribution in [0.2, 0.25) is 0 Å². The van der Waals surface area contributed by atoms with Gasteiger partial charge in [0.15, 0.2) is 0 Å². The Hall–Kier alpha value is -0.610. The highest BCUT2D eigenvalue weighted by Gasteiger charge is 1.93. The van der Waals surface area contributed by atoms with Crippen molar-refractivity contribution in [2.75, 3.05) is 19.8 Å². The first-order valence-electron chi connectivity index (χ1n) is 7.04. The molecule has 0 unspecified atom stereocenters. The molecule has 0 radical (unpaired) electrons. The molecule has 0 aliphatic rings. The van der Waals surface area contributed by atoms with E-state index in [-0.39, 0.29) is 19.2 Å². The van der Waals surface area contributed by atoms with E-state index in [2.05, 4.69) is 6.92 Å². The van der Waals surface area contributed by atoms with Crippen molar-refractivity contribution in [1.82, 2.24) is 0 Å². The predicted molar refractivity (Wildman–Crippen MR) is 73.4 cm³/mol. The van der Waals surface area contributed by atoms with Crippen LogP contribution in [0.4, 0.5) is 0 Å². The zero-order valence-electron chi connectivity index (χ0n) is 12.0. The molecule has 18 heavy (non-hydrogen) atoms. The van der Waals surface area contributed by atoms with E-state index in [1.165, 1.54) is 51.9 Å². The third kappa shape index (κ3) is 24.6. The summed E-state index contributed by atoms with van der Waals surface area (Å²) < 4.78 is 4.85. The first-order valence-corrected chi connectivity index (χ1v) is 7.04. The molecule has 0 aliphatic carbocycles. The fourth-order valence-electron chi connectivity index (χ4n) is 1.45. The van der Waals surface area contributed by atoms with Gasteiger partial charge in [-0.15, -0.1) is 0 Å². The lowest BCUT2D eigenvalue weighted by molar-refractivity contribution is -0.141. The minimum atomic E-state index is -0.159. The van der Waals surface area contributed by atoms with Crippen molar-refractivity contribution in [3.8, 4) is 0 Å². The smallest absolute Gasteiger partial charge is 0.302 e. The maximum absolute atomic E-state index is 10.4. The van der Waals surface area contributed by atoms with E-state index < -0.39 is 0 Å². The van der Waals surface area contributed by atoms with Crippen molar-refractivity contribution in [3.05, 3.63) is 0 Å². The zero-order chi connectivity index (χ0) is 14.1. The van der Waals surface area contributed by atoms with Crippen LogP contribution in [0.15, 0.2) is 0 Å². The van der Waals surface area contributed by atoms with E-state index in [9.17, 15) is 4.79 Å². The van der Waals surface area contributed by atoms with Crippen molar-refractivity contribution in [3.63, 3.8) is 0 Å². The summed E-state index contributed by atoms with van der Waals surface area (Å²) in [6, 6.07) is 0. The lowest BCUT2D eigenvalue weighted by Gasteiger charge is -2.02. The van der Waals surface area contributed by atoms with Crippen LogP contribution in [0, 0.1) is 0 Å². The van der Waals surface area contributed by atoms with Crippen molar-refractivity contribution in [1.29, 1.82) is 0 Å². The van der Waals surface area contributed by atoms with Crippen molar-refractivity contribution >= 4 is 5.97 Å². The first kappa shape index (κ1) is 19.7. The Morgan fingerprint density at radius 3 is 1.72 bits per heavy atom. The van der Waals surface area contributed by atoms with E-state index >= 15 is 0 Å². The number of ether oxygens (including phenoxy) is 1. The molecule has 2 N–H and O–H groups in total. The van der Waals surface area contributed by atoms with E-state index in [0.29, 0.717) is 6.61 Å². The second kappa shape index (κ2) is 18.7. The van der Waals surface area contributed by atoms with Gasteiger partial charge in [0, 0.05) is 6.92 Å². The molecule has 0 aliphatic heterocycles. The second-order valence-electron chi connectivity index (χ2n) is 4.26. The molecule has 4 heteroatoms. The Morgan fingerprint density at radius 1 is 0.889 bits per heavy atom. The summed E-state index contributed by atoms with van der Waals surface area (Å²) in [7, 11) is 0. The van der Waals surface area contributed by atoms with Crippen molar-refractivity contribution < 1.29 is 19.7 Å². The average Bonchev–Trinajstić information content (AvgIpc) is 2.37. The maximum atomic E-state index is 10.4. The summed E-state index contributed by atoms with van der Waals surface area (Å²) in [5.74, 6) is -0.159. The largest absolute Gasteiger partial charge is 0.466 e. The number of rotatable bonds is 10. The van der Waals surface area contributed by atoms with Gasteiger partial charge >= 0.3 is 5.97 Å². The van der Waals surface area contributed by atoms with Gasteiger partial charge in [0.25, 0.3) is 0 Å². The number of unbranched alkanes of at least 4 members (excludes halogenated alkanes) is 7. The number of esters is 1. The topological polar surface area (TPSA) is 66.8 Å². The van der Waals surface area contributed by atoms with Crippen molar-refractivity contribution in [2.24, 2.45) is 0 Å². The Kier molecular flexibility index (Phi) is 20.5. The summed E-state index contributed by atoms with van der Waals surface area (Å²) in [6.07, 6.45) is 10.2. The fraction of sp³-hybridized carbons (Fsp3) is 0.929. The molecule has 0 spiro atoms. The molecular weight excluding hydrogens is 232 g/mol. The summed E-state index contributed by atoms with van der Waals surface area (Å²) in [5.41, 5.74) is 0. The molecule has 0 rings (SSSR count). The van der Waals surface area contributed by atoms with Crippen LogP contribution in [0.3, 0.4) is 0 Å². The molecule has 0 atom stereocenters. The molecule has 0 saturated carbocycles. The van der Waals surface area contributed by atoms with Crippen LogP contribution in [0.25, 0.3) is 0 Å². The molecule has 0 aromatic heterocycles. The van der Waals surface area contributed by atoms with Gasteiger partial charge in [-0.25, -0.2) is 0 Å². The molecule has 0 saturated heterocycles. The Bertz CT molecular complexity index is 158. The van der Waals surface area contributed by atoms with E-state index in [0.717, 1.165) is 6.42 Å². The highest BCUT2D eigenvalue weighted by Crippen LogP contribution is 2.08. The van der Waals surface area contributed by atoms with Crippen LogP contribution in [0.5, 0.6) is 0 Å². The Balaban J connectivity index is 0. The molecule has 0 aromatic carbocycles. The lowest BCUT2D eigenvalue weighted by Crippen LogP contribution is -1.99. The van der Waals surface area contributed by atoms with Crippen LogP contribution in [-0.4, -0.2) is 36.0 Å². The molecule has 4 nitrogen and oxygen atoms in total. The van der Waals surface area contributed by atoms with Gasteiger partial charge < -0.3 is 14.9 Å². The summed E-state index contributed by atoms with van der Waals surface area (Å²) in [5, 5.41) is 15.2. The second-order valence-corrected chi connectivity index (χ2v) is 4.26. The highest BCUT2D eigenvalue weighted by atomic mass is 16.5. The molecule has 0 aromatic rings. The number of hydrogen-bond acceptors (Lipinski definition) is 4. The minimum absolute atomic E-state index is 0.125. The third-order valence-electron chi connectivity index (χ3n) is 2.40. The van der Waals surface area contributed by atoms with Crippen LogP contribution in [0.1, 0.15) is 65.2 Å². The summed E-state index contributed by atoms with van der Waals surface area (Å²) in [4.78, 5) is 10.4. The number of aliphatic hydroxyl groups excluding tert-OH is 2. The number of aliphatic hydroxyl groups is 2. The monoisotopic (exact) mass is 262 g/mol. The maximum Gasteiger partial charge on any atom is 0.302 e. The molecule has 0 amide bonds. The summed E-state index contributed by atoms with van der Waals surface area (Å²) in [6.45, 7) is 4.05. The molecule has 0 bridgehead atoms. The first-order chi connectivity index (χ1) is 8.68. The van der Waals surface area contributed by atoms with Gasteiger partial charge in [-0.05, 0) is 6.42 Å². The van der Waals surface area contributed by atoms with Gasteiger partial charge in [-0.1, -0.05) is 51.9 Å². The number of carbonyl (C=O) groups is 1. The standard InChI is InChI=1S/C12H24O2.C2H6O2/c1-3-4-5-6-7-8-9-10-11-14-12(2)13;3-1-2-4/h3-11H2,1-2H3;3-4H,1-2H2. The molecule has 0 fully saturated rings. The zero-order valence-corrected chi connectivity index (χ0v) is 12.0. The van der Waals surface area contributed by atoms with Gasteiger partial charge in [0.2, 0.25) is 0 Å². The third-order valence-corrected chi connectivity index (χ3v) is 2.40.